The van der Waals surface area contributed by atoms with Crippen molar-refractivity contribution >= 4 is 0 Å². The van der Waals surface area contributed by atoms with Crippen LogP contribution in [0.25, 0.3) is 0 Å². The number of rotatable bonds is 7. The molecule has 0 aliphatic rings. The van der Waals surface area contributed by atoms with E-state index in [-0.39, 0.29) is 6.10 Å². The fourth-order valence-corrected chi connectivity index (χ4v) is 1.38. The normalized spacial score (nSPS) is 13.8. The number of quaternary nitrogens is 1. The maximum Gasteiger partial charge on any atom is 0.0971 e. The van der Waals surface area contributed by atoms with Crippen LogP contribution in [0.5, 0.6) is 0 Å². The first-order chi connectivity index (χ1) is 6.04. The molecule has 1 N–H and O–H groups in total. The molecular formula is C11H22NO+. The van der Waals surface area contributed by atoms with E-state index in [1.54, 1.807) is 0 Å². The van der Waals surface area contributed by atoms with Gasteiger partial charge in [-0.3, -0.25) is 0 Å². The molecule has 0 fully saturated rings. The smallest absolute Gasteiger partial charge is 0.0971 e. The Morgan fingerprint density at radius 1 is 1.31 bits per heavy atom. The van der Waals surface area contributed by atoms with E-state index in [0.717, 1.165) is 30.5 Å². The second kappa shape index (κ2) is 5.95. The maximum absolute atomic E-state index is 9.19. The SMILES string of the molecule is C=CC[N+](C)(CC=C)CCC(C)O. The molecular weight excluding hydrogens is 162 g/mol. The van der Waals surface area contributed by atoms with Crippen LogP contribution in [0.3, 0.4) is 0 Å². The van der Waals surface area contributed by atoms with Crippen LogP contribution in [0.15, 0.2) is 25.3 Å². The van der Waals surface area contributed by atoms with Crippen molar-refractivity contribution in [1.29, 1.82) is 0 Å². The van der Waals surface area contributed by atoms with Crippen LogP contribution in [0, 0.1) is 0 Å². The zero-order valence-corrected chi connectivity index (χ0v) is 8.87. The van der Waals surface area contributed by atoms with Gasteiger partial charge in [0.15, 0.2) is 0 Å². The Labute approximate surface area is 81.8 Å². The topological polar surface area (TPSA) is 20.2 Å². The standard InChI is InChI=1S/C11H22NO/c1-5-8-12(4,9-6-2)10-7-11(3)13/h5-6,11,13H,1-2,7-10H2,3-4H3/q+1. The summed E-state index contributed by atoms with van der Waals surface area (Å²) in [6.07, 6.45) is 4.46. The van der Waals surface area contributed by atoms with Gasteiger partial charge in [-0.2, -0.15) is 0 Å². The van der Waals surface area contributed by atoms with Gasteiger partial charge in [-0.1, -0.05) is 13.2 Å². The number of hydrogen-bond acceptors (Lipinski definition) is 1. The highest BCUT2D eigenvalue weighted by molar-refractivity contribution is 4.71. The Hall–Kier alpha value is -0.600. The van der Waals surface area contributed by atoms with E-state index in [1.165, 1.54) is 0 Å². The molecule has 1 unspecified atom stereocenters. The molecule has 2 heteroatoms. The summed E-state index contributed by atoms with van der Waals surface area (Å²) in [5.74, 6) is 0. The van der Waals surface area contributed by atoms with Crippen molar-refractivity contribution in [2.45, 2.75) is 19.4 Å². The highest BCUT2D eigenvalue weighted by Crippen LogP contribution is 2.06. The number of aliphatic hydroxyl groups excluding tert-OH is 1. The summed E-state index contributed by atoms with van der Waals surface area (Å²) in [7, 11) is 2.16. The zero-order chi connectivity index (χ0) is 10.3. The first kappa shape index (κ1) is 12.4. The maximum atomic E-state index is 9.19. The molecule has 1 atom stereocenters. The van der Waals surface area contributed by atoms with Gasteiger partial charge in [0.2, 0.25) is 0 Å². The predicted molar refractivity (Wildman–Crippen MR) is 57.5 cm³/mol. The fourth-order valence-electron chi connectivity index (χ4n) is 1.38. The molecule has 0 aliphatic heterocycles. The number of nitrogens with zero attached hydrogens (tertiary/aromatic N) is 1. The summed E-state index contributed by atoms with van der Waals surface area (Å²) >= 11 is 0. The molecule has 0 aliphatic carbocycles. The third-order valence-corrected chi connectivity index (χ3v) is 2.23. The average Bonchev–Trinajstić information content (AvgIpc) is 2.02. The number of likely N-dealkylation sites (N-methyl/N-ethyl adjacent to an activating group) is 1. The monoisotopic (exact) mass is 184 g/mol. The van der Waals surface area contributed by atoms with Crippen LogP contribution in [-0.4, -0.2) is 42.4 Å². The fraction of sp³-hybridized carbons (Fsp3) is 0.636. The van der Waals surface area contributed by atoms with Crippen LogP contribution in [-0.2, 0) is 0 Å². The van der Waals surface area contributed by atoms with E-state index in [0.29, 0.717) is 0 Å². The van der Waals surface area contributed by atoms with Gasteiger partial charge in [0, 0.05) is 6.42 Å². The molecule has 0 rings (SSSR count). The van der Waals surface area contributed by atoms with Gasteiger partial charge in [-0.05, 0) is 19.1 Å². The summed E-state index contributed by atoms with van der Waals surface area (Å²) in [6, 6.07) is 0. The first-order valence-corrected chi connectivity index (χ1v) is 4.77. The first-order valence-electron chi connectivity index (χ1n) is 4.77. The third-order valence-electron chi connectivity index (χ3n) is 2.23. The predicted octanol–water partition coefficient (Wildman–Crippen LogP) is 1.58. The van der Waals surface area contributed by atoms with Crippen molar-refractivity contribution in [2.24, 2.45) is 0 Å². The lowest BCUT2D eigenvalue weighted by molar-refractivity contribution is -0.898. The van der Waals surface area contributed by atoms with Crippen LogP contribution in [0.2, 0.25) is 0 Å². The number of hydrogen-bond donors (Lipinski definition) is 1. The van der Waals surface area contributed by atoms with Crippen LogP contribution < -0.4 is 0 Å². The lowest BCUT2D eigenvalue weighted by Gasteiger charge is -2.32. The Morgan fingerprint density at radius 3 is 2.08 bits per heavy atom. The quantitative estimate of drug-likeness (QED) is 0.470. The van der Waals surface area contributed by atoms with Crippen molar-refractivity contribution in [1.82, 2.24) is 0 Å². The van der Waals surface area contributed by atoms with E-state index in [1.807, 2.05) is 19.1 Å². The molecule has 2 nitrogen and oxygen atoms in total. The summed E-state index contributed by atoms with van der Waals surface area (Å²) in [5, 5.41) is 9.19. The van der Waals surface area contributed by atoms with Crippen molar-refractivity contribution in [3.05, 3.63) is 25.3 Å². The minimum Gasteiger partial charge on any atom is -0.393 e. The lowest BCUT2D eigenvalue weighted by Crippen LogP contribution is -2.45. The molecule has 76 valence electrons. The highest BCUT2D eigenvalue weighted by Gasteiger charge is 2.18. The van der Waals surface area contributed by atoms with E-state index in [9.17, 15) is 5.11 Å². The largest absolute Gasteiger partial charge is 0.393 e. The van der Waals surface area contributed by atoms with Gasteiger partial charge in [0.25, 0.3) is 0 Å². The second-order valence-electron chi connectivity index (χ2n) is 3.92. The van der Waals surface area contributed by atoms with Gasteiger partial charge in [-0.25, -0.2) is 0 Å². The summed E-state index contributed by atoms with van der Waals surface area (Å²) < 4.78 is 0.887. The van der Waals surface area contributed by atoms with E-state index < -0.39 is 0 Å². The molecule has 0 saturated heterocycles. The molecule has 0 heterocycles. The van der Waals surface area contributed by atoms with Crippen LogP contribution in [0.4, 0.5) is 0 Å². The average molecular weight is 184 g/mol. The molecule has 0 aromatic rings. The minimum absolute atomic E-state index is 0.216. The Balaban J connectivity index is 4.05. The lowest BCUT2D eigenvalue weighted by atomic mass is 10.2. The Kier molecular flexibility index (Phi) is 5.67. The van der Waals surface area contributed by atoms with Crippen molar-refractivity contribution in [3.8, 4) is 0 Å². The third kappa shape index (κ3) is 5.61. The Bertz CT molecular complexity index is 153. The van der Waals surface area contributed by atoms with E-state index in [2.05, 4.69) is 20.2 Å². The molecule has 0 spiro atoms. The Morgan fingerprint density at radius 2 is 1.77 bits per heavy atom. The minimum atomic E-state index is -0.216. The van der Waals surface area contributed by atoms with Crippen LogP contribution in [0.1, 0.15) is 13.3 Å². The van der Waals surface area contributed by atoms with Crippen molar-refractivity contribution < 1.29 is 9.59 Å². The van der Waals surface area contributed by atoms with Gasteiger partial charge >= 0.3 is 0 Å². The van der Waals surface area contributed by atoms with Gasteiger partial charge in [-0.15, -0.1) is 0 Å². The molecule has 0 amide bonds. The summed E-state index contributed by atoms with van der Waals surface area (Å²) in [5.41, 5.74) is 0. The van der Waals surface area contributed by atoms with Crippen molar-refractivity contribution in [2.75, 3.05) is 26.7 Å². The van der Waals surface area contributed by atoms with Crippen molar-refractivity contribution in [3.63, 3.8) is 0 Å². The second-order valence-corrected chi connectivity index (χ2v) is 3.92. The molecule has 0 bridgehead atoms. The molecule has 0 aromatic carbocycles. The molecule has 0 aromatic heterocycles. The molecule has 0 radical (unpaired) electrons. The highest BCUT2D eigenvalue weighted by atomic mass is 16.3. The van der Waals surface area contributed by atoms with Gasteiger partial charge in [0.05, 0.1) is 32.8 Å². The van der Waals surface area contributed by atoms with Crippen LogP contribution >= 0.6 is 0 Å². The van der Waals surface area contributed by atoms with E-state index >= 15 is 0 Å². The zero-order valence-electron chi connectivity index (χ0n) is 8.87. The number of aliphatic hydroxyl groups is 1. The van der Waals surface area contributed by atoms with Gasteiger partial charge in [0.1, 0.15) is 0 Å². The van der Waals surface area contributed by atoms with E-state index in [4.69, 9.17) is 0 Å². The summed E-state index contributed by atoms with van der Waals surface area (Å²) in [4.78, 5) is 0. The van der Waals surface area contributed by atoms with Gasteiger partial charge < -0.3 is 9.59 Å². The molecule has 0 saturated carbocycles. The molecule has 13 heavy (non-hydrogen) atoms. The summed E-state index contributed by atoms with van der Waals surface area (Å²) in [6.45, 7) is 12.1.